The Kier molecular flexibility index (Phi) is 5.49. The summed E-state index contributed by atoms with van der Waals surface area (Å²) in [6, 6.07) is 12.2. The van der Waals surface area contributed by atoms with Gasteiger partial charge < -0.3 is 5.32 Å². The maximum absolute atomic E-state index is 12.1. The number of hydrogen-bond acceptors (Lipinski definition) is 3. The van der Waals surface area contributed by atoms with Gasteiger partial charge in [-0.25, -0.2) is 0 Å². The SMILES string of the molecule is N#CC1(NC(=O)CSc2ccccc2)CCCCCC1. The van der Waals surface area contributed by atoms with Crippen LogP contribution in [0.25, 0.3) is 0 Å². The molecule has 1 saturated carbocycles. The third-order valence-corrected chi connectivity index (χ3v) is 4.67. The normalized spacial score (nSPS) is 17.8. The van der Waals surface area contributed by atoms with Crippen LogP contribution in [0, 0.1) is 11.3 Å². The summed E-state index contributed by atoms with van der Waals surface area (Å²) in [7, 11) is 0. The van der Waals surface area contributed by atoms with E-state index in [0.717, 1.165) is 43.4 Å². The molecular weight excluding hydrogens is 268 g/mol. The van der Waals surface area contributed by atoms with Crippen molar-refractivity contribution in [2.75, 3.05) is 5.75 Å². The number of hydrogen-bond donors (Lipinski definition) is 1. The van der Waals surface area contributed by atoms with Gasteiger partial charge in [0.2, 0.25) is 5.91 Å². The number of rotatable bonds is 4. The Morgan fingerprint density at radius 1 is 1.20 bits per heavy atom. The van der Waals surface area contributed by atoms with Gasteiger partial charge in [-0.15, -0.1) is 11.8 Å². The fourth-order valence-electron chi connectivity index (χ4n) is 2.57. The van der Waals surface area contributed by atoms with Crippen LogP contribution in [0.2, 0.25) is 0 Å². The molecule has 0 saturated heterocycles. The highest BCUT2D eigenvalue weighted by atomic mass is 32.2. The monoisotopic (exact) mass is 288 g/mol. The van der Waals surface area contributed by atoms with Gasteiger partial charge in [-0.1, -0.05) is 43.9 Å². The molecule has 106 valence electrons. The van der Waals surface area contributed by atoms with Crippen LogP contribution in [0.4, 0.5) is 0 Å². The molecule has 20 heavy (non-hydrogen) atoms. The second-order valence-electron chi connectivity index (χ2n) is 5.26. The lowest BCUT2D eigenvalue weighted by molar-refractivity contribution is -0.120. The predicted molar refractivity (Wildman–Crippen MR) is 81.4 cm³/mol. The number of nitrogens with one attached hydrogen (secondary N) is 1. The highest BCUT2D eigenvalue weighted by Gasteiger charge is 2.32. The molecule has 3 nitrogen and oxygen atoms in total. The van der Waals surface area contributed by atoms with Gasteiger partial charge in [-0.2, -0.15) is 5.26 Å². The molecule has 0 aliphatic heterocycles. The summed E-state index contributed by atoms with van der Waals surface area (Å²) < 4.78 is 0. The lowest BCUT2D eigenvalue weighted by atomic mass is 9.92. The van der Waals surface area contributed by atoms with E-state index in [4.69, 9.17) is 0 Å². The molecule has 0 unspecified atom stereocenters. The minimum Gasteiger partial charge on any atom is -0.337 e. The summed E-state index contributed by atoms with van der Waals surface area (Å²) in [6.07, 6.45) is 5.95. The first-order valence-corrected chi connectivity index (χ1v) is 8.13. The van der Waals surface area contributed by atoms with Crippen LogP contribution in [0.1, 0.15) is 38.5 Å². The average molecular weight is 288 g/mol. The lowest BCUT2D eigenvalue weighted by Gasteiger charge is -2.26. The number of carbonyl (C=O) groups is 1. The van der Waals surface area contributed by atoms with Crippen LogP contribution in [0.3, 0.4) is 0 Å². The van der Waals surface area contributed by atoms with Crippen molar-refractivity contribution in [1.82, 2.24) is 5.32 Å². The van der Waals surface area contributed by atoms with Crippen molar-refractivity contribution in [3.63, 3.8) is 0 Å². The zero-order chi connectivity index (χ0) is 14.3. The van der Waals surface area contributed by atoms with Gasteiger partial charge in [0.1, 0.15) is 5.54 Å². The van der Waals surface area contributed by atoms with Gasteiger partial charge in [-0.3, -0.25) is 4.79 Å². The number of nitrogens with zero attached hydrogens (tertiary/aromatic N) is 1. The molecule has 1 aliphatic rings. The third kappa shape index (κ3) is 4.28. The molecule has 2 rings (SSSR count). The Morgan fingerprint density at radius 2 is 1.85 bits per heavy atom. The highest BCUT2D eigenvalue weighted by Crippen LogP contribution is 2.27. The third-order valence-electron chi connectivity index (χ3n) is 3.66. The standard InChI is InChI=1S/C16H20N2OS/c17-13-16(10-6-1-2-7-11-16)18-15(19)12-20-14-8-4-3-5-9-14/h3-5,8-9H,1-2,6-7,10-12H2,(H,18,19). The molecular formula is C16H20N2OS. The predicted octanol–water partition coefficient (Wildman–Crippen LogP) is 3.51. The van der Waals surface area contributed by atoms with E-state index in [1.807, 2.05) is 30.3 Å². The summed E-state index contributed by atoms with van der Waals surface area (Å²) in [5.41, 5.74) is -0.634. The van der Waals surface area contributed by atoms with Gasteiger partial charge in [-0.05, 0) is 25.0 Å². The van der Waals surface area contributed by atoms with E-state index >= 15 is 0 Å². The van der Waals surface area contributed by atoms with Crippen molar-refractivity contribution >= 4 is 17.7 Å². The first kappa shape index (κ1) is 14.9. The second kappa shape index (κ2) is 7.35. The first-order valence-electron chi connectivity index (χ1n) is 7.14. The lowest BCUT2D eigenvalue weighted by Crippen LogP contribution is -2.47. The Hall–Kier alpha value is -1.47. The van der Waals surface area contributed by atoms with Crippen LogP contribution >= 0.6 is 11.8 Å². The van der Waals surface area contributed by atoms with Crippen molar-refractivity contribution in [1.29, 1.82) is 5.26 Å². The molecule has 0 atom stereocenters. The van der Waals surface area contributed by atoms with Crippen LogP contribution in [0.5, 0.6) is 0 Å². The summed E-state index contributed by atoms with van der Waals surface area (Å²) >= 11 is 1.51. The molecule has 1 aromatic rings. The van der Waals surface area contributed by atoms with E-state index in [9.17, 15) is 10.1 Å². The van der Waals surface area contributed by atoms with Crippen molar-refractivity contribution < 1.29 is 4.79 Å². The van der Waals surface area contributed by atoms with Crippen molar-refractivity contribution in [3.8, 4) is 6.07 Å². The molecule has 1 aliphatic carbocycles. The van der Waals surface area contributed by atoms with Crippen LogP contribution in [0.15, 0.2) is 35.2 Å². The second-order valence-corrected chi connectivity index (χ2v) is 6.31. The fraction of sp³-hybridized carbons (Fsp3) is 0.500. The number of amides is 1. The van der Waals surface area contributed by atoms with E-state index in [1.165, 1.54) is 11.8 Å². The Balaban J connectivity index is 1.87. The van der Waals surface area contributed by atoms with Crippen LogP contribution < -0.4 is 5.32 Å². The molecule has 1 amide bonds. The zero-order valence-electron chi connectivity index (χ0n) is 11.6. The quantitative estimate of drug-likeness (QED) is 0.681. The summed E-state index contributed by atoms with van der Waals surface area (Å²) in [4.78, 5) is 13.2. The van der Waals surface area contributed by atoms with Gasteiger partial charge in [0.25, 0.3) is 0 Å². The molecule has 0 aromatic heterocycles. The minimum atomic E-state index is -0.634. The smallest absolute Gasteiger partial charge is 0.231 e. The van der Waals surface area contributed by atoms with Crippen LogP contribution in [-0.4, -0.2) is 17.2 Å². The maximum Gasteiger partial charge on any atom is 0.231 e. The van der Waals surface area contributed by atoms with Gasteiger partial charge in [0.15, 0.2) is 0 Å². The first-order chi connectivity index (χ1) is 9.74. The number of carbonyl (C=O) groups excluding carboxylic acids is 1. The van der Waals surface area contributed by atoms with Gasteiger partial charge >= 0.3 is 0 Å². The van der Waals surface area contributed by atoms with Gasteiger partial charge in [0.05, 0.1) is 11.8 Å². The van der Waals surface area contributed by atoms with Crippen molar-refractivity contribution in [3.05, 3.63) is 30.3 Å². The van der Waals surface area contributed by atoms with E-state index in [0.29, 0.717) is 5.75 Å². The van der Waals surface area contributed by atoms with Gasteiger partial charge in [0, 0.05) is 4.90 Å². The molecule has 4 heteroatoms. The van der Waals surface area contributed by atoms with Crippen LogP contribution in [-0.2, 0) is 4.79 Å². The molecule has 0 spiro atoms. The highest BCUT2D eigenvalue weighted by molar-refractivity contribution is 8.00. The number of benzene rings is 1. The summed E-state index contributed by atoms with van der Waals surface area (Å²) in [5.74, 6) is 0.329. The maximum atomic E-state index is 12.1. The molecule has 1 aromatic carbocycles. The molecule has 1 fully saturated rings. The number of thioether (sulfide) groups is 1. The largest absolute Gasteiger partial charge is 0.337 e. The zero-order valence-corrected chi connectivity index (χ0v) is 12.4. The van der Waals surface area contributed by atoms with E-state index < -0.39 is 5.54 Å². The molecule has 0 radical (unpaired) electrons. The minimum absolute atomic E-state index is 0.0395. The summed E-state index contributed by atoms with van der Waals surface area (Å²) in [6.45, 7) is 0. The summed E-state index contributed by atoms with van der Waals surface area (Å²) in [5, 5.41) is 12.4. The van der Waals surface area contributed by atoms with Crippen molar-refractivity contribution in [2.45, 2.75) is 49.0 Å². The van der Waals surface area contributed by atoms with Crippen molar-refractivity contribution in [2.24, 2.45) is 0 Å². The molecule has 1 N–H and O–H groups in total. The van der Waals surface area contributed by atoms with E-state index in [1.54, 1.807) is 0 Å². The Bertz CT molecular complexity index is 473. The number of nitriles is 1. The Morgan fingerprint density at radius 3 is 2.45 bits per heavy atom. The Labute approximate surface area is 124 Å². The van der Waals surface area contributed by atoms with E-state index in [-0.39, 0.29) is 5.91 Å². The fourth-order valence-corrected chi connectivity index (χ4v) is 3.28. The topological polar surface area (TPSA) is 52.9 Å². The average Bonchev–Trinajstić information content (AvgIpc) is 2.72. The van der Waals surface area contributed by atoms with E-state index in [2.05, 4.69) is 11.4 Å². The molecule has 0 heterocycles. The molecule has 0 bridgehead atoms.